The molecule has 0 aromatic rings. The number of alkyl halides is 2. The zero-order valence-electron chi connectivity index (χ0n) is 14.9. The van der Waals surface area contributed by atoms with Crippen LogP contribution in [0.1, 0.15) is 39.5 Å². The van der Waals surface area contributed by atoms with E-state index in [9.17, 15) is 18.4 Å². The molecule has 2 saturated heterocycles. The number of rotatable bonds is 6. The van der Waals surface area contributed by atoms with E-state index < -0.39 is 30.8 Å². The van der Waals surface area contributed by atoms with E-state index in [4.69, 9.17) is 10.5 Å². The maximum absolute atomic E-state index is 13.7. The van der Waals surface area contributed by atoms with Gasteiger partial charge in [0.25, 0.3) is 5.92 Å². The summed E-state index contributed by atoms with van der Waals surface area (Å²) in [4.78, 5) is 25.2. The summed E-state index contributed by atoms with van der Waals surface area (Å²) in [7, 11) is 0. The fourth-order valence-corrected chi connectivity index (χ4v) is 3.67. The predicted molar refractivity (Wildman–Crippen MR) is 87.9 cm³/mol. The van der Waals surface area contributed by atoms with Gasteiger partial charge in [-0.05, 0) is 26.2 Å². The standard InChI is InChI=1S/C16H28F2N4O3/c1-3-7-22(15(24)25-4-2)20-8-5-12(6-9-20)21-11-16(17,18)10-13(21)14(19)23/h12-13H,3-11H2,1-2H3,(H2,19,23)/t13-/m1/s1. The van der Waals surface area contributed by atoms with Crippen LogP contribution in [0.25, 0.3) is 0 Å². The topological polar surface area (TPSA) is 79.1 Å². The molecule has 1 atom stereocenters. The largest absolute Gasteiger partial charge is 0.449 e. The van der Waals surface area contributed by atoms with Crippen LogP contribution in [0.5, 0.6) is 0 Å². The number of piperidine rings is 1. The van der Waals surface area contributed by atoms with E-state index in [-0.39, 0.29) is 12.1 Å². The fraction of sp³-hybridized carbons (Fsp3) is 0.875. The Bertz CT molecular complexity index is 484. The van der Waals surface area contributed by atoms with Gasteiger partial charge in [0.1, 0.15) is 0 Å². The van der Waals surface area contributed by atoms with Gasteiger partial charge in [0.15, 0.2) is 0 Å². The minimum Gasteiger partial charge on any atom is -0.449 e. The highest BCUT2D eigenvalue weighted by Crippen LogP contribution is 2.35. The van der Waals surface area contributed by atoms with Gasteiger partial charge < -0.3 is 10.5 Å². The van der Waals surface area contributed by atoms with Crippen LogP contribution in [-0.2, 0) is 9.53 Å². The lowest BCUT2D eigenvalue weighted by molar-refractivity contribution is -0.123. The van der Waals surface area contributed by atoms with Crippen LogP contribution in [0.15, 0.2) is 0 Å². The Morgan fingerprint density at radius 2 is 1.92 bits per heavy atom. The molecular weight excluding hydrogens is 334 g/mol. The minimum absolute atomic E-state index is 0.132. The summed E-state index contributed by atoms with van der Waals surface area (Å²) in [5.41, 5.74) is 5.31. The maximum Gasteiger partial charge on any atom is 0.424 e. The van der Waals surface area contributed by atoms with Crippen LogP contribution in [0, 0.1) is 0 Å². The third-order valence-corrected chi connectivity index (χ3v) is 4.80. The number of halogens is 2. The van der Waals surface area contributed by atoms with Crippen molar-refractivity contribution in [2.75, 3.05) is 32.8 Å². The van der Waals surface area contributed by atoms with Gasteiger partial charge in [-0.25, -0.2) is 23.6 Å². The number of amides is 2. The monoisotopic (exact) mass is 362 g/mol. The van der Waals surface area contributed by atoms with Crippen LogP contribution >= 0.6 is 0 Å². The molecule has 144 valence electrons. The number of hydrogen-bond donors (Lipinski definition) is 1. The molecule has 2 rings (SSSR count). The molecule has 2 aliphatic heterocycles. The van der Waals surface area contributed by atoms with Crippen molar-refractivity contribution in [2.24, 2.45) is 5.73 Å². The third kappa shape index (κ3) is 4.78. The summed E-state index contributed by atoms with van der Waals surface area (Å²) in [6.07, 6.45) is 1.10. The highest BCUT2D eigenvalue weighted by molar-refractivity contribution is 5.80. The summed E-state index contributed by atoms with van der Waals surface area (Å²) in [5.74, 6) is -3.57. The molecule has 9 heteroatoms. The molecule has 0 spiro atoms. The summed E-state index contributed by atoms with van der Waals surface area (Å²) < 4.78 is 32.5. The smallest absolute Gasteiger partial charge is 0.424 e. The normalized spacial score (nSPS) is 25.0. The first kappa shape index (κ1) is 19.8. The molecule has 7 nitrogen and oxygen atoms in total. The second kappa shape index (κ2) is 8.27. The number of nitrogens with zero attached hydrogens (tertiary/aromatic N) is 3. The molecular formula is C16H28F2N4O3. The summed E-state index contributed by atoms with van der Waals surface area (Å²) in [6, 6.07) is -1.05. The number of likely N-dealkylation sites (tertiary alicyclic amines) is 1. The molecule has 2 aliphatic rings. The van der Waals surface area contributed by atoms with E-state index in [1.54, 1.807) is 16.8 Å². The SMILES string of the molecule is CCCN(C(=O)OCC)N1CCC(N2CC(F)(F)C[C@@H]2C(N)=O)CC1. The molecule has 2 N–H and O–H groups in total. The molecule has 0 radical (unpaired) electrons. The Balaban J connectivity index is 1.98. The van der Waals surface area contributed by atoms with Crippen molar-refractivity contribution in [3.63, 3.8) is 0 Å². The average molecular weight is 362 g/mol. The van der Waals surface area contributed by atoms with Crippen LogP contribution in [0.2, 0.25) is 0 Å². The molecule has 2 fully saturated rings. The van der Waals surface area contributed by atoms with Gasteiger partial charge in [0, 0.05) is 32.1 Å². The van der Waals surface area contributed by atoms with E-state index >= 15 is 0 Å². The van der Waals surface area contributed by atoms with Gasteiger partial charge >= 0.3 is 6.09 Å². The van der Waals surface area contributed by atoms with Crippen molar-refractivity contribution < 1.29 is 23.1 Å². The minimum atomic E-state index is -2.88. The number of ether oxygens (including phenoxy) is 1. The Kier molecular flexibility index (Phi) is 6.56. The predicted octanol–water partition coefficient (Wildman–Crippen LogP) is 1.43. The summed E-state index contributed by atoms with van der Waals surface area (Å²) >= 11 is 0. The Hall–Kier alpha value is -1.48. The molecule has 0 saturated carbocycles. The zero-order chi connectivity index (χ0) is 18.6. The van der Waals surface area contributed by atoms with E-state index in [0.29, 0.717) is 39.1 Å². The Labute approximate surface area is 147 Å². The van der Waals surface area contributed by atoms with Gasteiger partial charge in [-0.3, -0.25) is 9.69 Å². The highest BCUT2D eigenvalue weighted by Gasteiger charge is 2.50. The van der Waals surface area contributed by atoms with E-state index in [1.165, 1.54) is 0 Å². The van der Waals surface area contributed by atoms with Gasteiger partial charge in [0.05, 0.1) is 19.2 Å². The second-order valence-electron chi connectivity index (χ2n) is 6.66. The van der Waals surface area contributed by atoms with Gasteiger partial charge in [0.2, 0.25) is 5.91 Å². The van der Waals surface area contributed by atoms with Crippen molar-refractivity contribution in [1.82, 2.24) is 14.9 Å². The lowest BCUT2D eigenvalue weighted by Crippen LogP contribution is -2.55. The van der Waals surface area contributed by atoms with Crippen LogP contribution in [-0.4, -0.2) is 77.7 Å². The molecule has 0 aliphatic carbocycles. The zero-order valence-corrected chi connectivity index (χ0v) is 14.9. The summed E-state index contributed by atoms with van der Waals surface area (Å²) in [6.45, 7) is 5.26. The molecule has 25 heavy (non-hydrogen) atoms. The molecule has 2 amide bonds. The van der Waals surface area contributed by atoms with E-state index in [2.05, 4.69) is 0 Å². The average Bonchev–Trinajstić information content (AvgIpc) is 2.89. The highest BCUT2D eigenvalue weighted by atomic mass is 19.3. The van der Waals surface area contributed by atoms with Crippen molar-refractivity contribution >= 4 is 12.0 Å². The molecule has 0 aromatic carbocycles. The fourth-order valence-electron chi connectivity index (χ4n) is 3.67. The van der Waals surface area contributed by atoms with E-state index in [0.717, 1.165) is 6.42 Å². The van der Waals surface area contributed by atoms with Gasteiger partial charge in [-0.15, -0.1) is 0 Å². The number of hydrogen-bond acceptors (Lipinski definition) is 5. The molecule has 0 aromatic heterocycles. The third-order valence-electron chi connectivity index (χ3n) is 4.80. The summed E-state index contributed by atoms with van der Waals surface area (Å²) in [5, 5.41) is 3.50. The molecule has 0 bridgehead atoms. The van der Waals surface area contributed by atoms with Crippen LogP contribution in [0.3, 0.4) is 0 Å². The number of hydrazine groups is 1. The van der Waals surface area contributed by atoms with Gasteiger partial charge in [-0.2, -0.15) is 0 Å². The number of primary amides is 1. The number of carbonyl (C=O) groups is 2. The second-order valence-corrected chi connectivity index (χ2v) is 6.66. The maximum atomic E-state index is 13.7. The number of nitrogens with two attached hydrogens (primary N) is 1. The van der Waals surface area contributed by atoms with Crippen molar-refractivity contribution in [3.8, 4) is 0 Å². The lowest BCUT2D eigenvalue weighted by atomic mass is 10.0. The number of carbonyl (C=O) groups excluding carboxylic acids is 2. The molecule has 2 heterocycles. The lowest BCUT2D eigenvalue weighted by Gasteiger charge is -2.42. The van der Waals surface area contributed by atoms with E-state index in [1.807, 2.05) is 11.9 Å². The van der Waals surface area contributed by atoms with Crippen LogP contribution < -0.4 is 5.73 Å². The first-order chi connectivity index (χ1) is 11.8. The van der Waals surface area contributed by atoms with Gasteiger partial charge in [-0.1, -0.05) is 6.92 Å². The molecule has 0 unspecified atom stereocenters. The Morgan fingerprint density at radius 3 is 2.44 bits per heavy atom. The quantitative estimate of drug-likeness (QED) is 0.773. The van der Waals surface area contributed by atoms with Crippen molar-refractivity contribution in [2.45, 2.75) is 57.5 Å². The van der Waals surface area contributed by atoms with Crippen molar-refractivity contribution in [3.05, 3.63) is 0 Å². The first-order valence-corrected chi connectivity index (χ1v) is 8.91. The van der Waals surface area contributed by atoms with Crippen LogP contribution in [0.4, 0.5) is 13.6 Å². The first-order valence-electron chi connectivity index (χ1n) is 8.91. The Morgan fingerprint density at radius 1 is 1.28 bits per heavy atom. The van der Waals surface area contributed by atoms with Crippen molar-refractivity contribution in [1.29, 1.82) is 0 Å².